The first kappa shape index (κ1) is 31.9. The minimum absolute atomic E-state index is 0.159. The average molecular weight is 675 g/mol. The zero-order chi connectivity index (χ0) is 34.8. The van der Waals surface area contributed by atoms with E-state index in [0.29, 0.717) is 5.56 Å². The lowest BCUT2D eigenvalue weighted by molar-refractivity contribution is -0.449. The van der Waals surface area contributed by atoms with Crippen LogP contribution in [-0.4, -0.2) is 99.1 Å². The second-order valence-corrected chi connectivity index (χ2v) is 15.1. The van der Waals surface area contributed by atoms with Gasteiger partial charge in [0.05, 0.1) is 25.1 Å². The molecule has 1 aromatic rings. The number of aliphatic hydroxyl groups excluding tert-OH is 1. The first-order valence-corrected chi connectivity index (χ1v) is 15.9. The summed E-state index contributed by atoms with van der Waals surface area (Å²) in [6.45, 7) is 8.71. The van der Waals surface area contributed by atoms with Crippen LogP contribution in [0, 0.1) is 22.2 Å². The maximum atomic E-state index is 13.6. The Morgan fingerprint density at radius 2 is 1.73 bits per heavy atom. The van der Waals surface area contributed by atoms with Crippen LogP contribution in [0.15, 0.2) is 34.7 Å². The highest BCUT2D eigenvalue weighted by Gasteiger charge is 3.03. The molecule has 3 aliphatic heterocycles. The summed E-state index contributed by atoms with van der Waals surface area (Å²) >= 11 is 0. The molecule has 0 amide bonds. The second-order valence-electron chi connectivity index (χ2n) is 15.1. The predicted molar refractivity (Wildman–Crippen MR) is 153 cm³/mol. The van der Waals surface area contributed by atoms with Crippen molar-refractivity contribution in [1.29, 1.82) is 0 Å². The van der Waals surface area contributed by atoms with E-state index in [1.165, 1.54) is 32.4 Å². The lowest BCUT2D eigenvalue weighted by atomic mass is 9.34. The monoisotopic (exact) mass is 674 g/mol. The van der Waals surface area contributed by atoms with Gasteiger partial charge in [0, 0.05) is 55.6 Å². The maximum absolute atomic E-state index is 13.6. The van der Waals surface area contributed by atoms with Crippen molar-refractivity contribution in [1.82, 2.24) is 0 Å². The molecule has 6 fully saturated rings. The van der Waals surface area contributed by atoms with Gasteiger partial charge in [0.25, 0.3) is 5.97 Å². The summed E-state index contributed by atoms with van der Waals surface area (Å²) in [5, 5.41) is 38.2. The van der Waals surface area contributed by atoms with Gasteiger partial charge in [0.2, 0.25) is 0 Å². The van der Waals surface area contributed by atoms with Gasteiger partial charge in [-0.25, -0.2) is 9.59 Å². The van der Waals surface area contributed by atoms with Crippen LogP contribution in [0.5, 0.6) is 0 Å². The van der Waals surface area contributed by atoms with Crippen molar-refractivity contribution in [2.45, 2.75) is 113 Å². The van der Waals surface area contributed by atoms with Crippen LogP contribution in [0.3, 0.4) is 0 Å². The molecule has 8 rings (SSSR count). The van der Waals surface area contributed by atoms with Crippen molar-refractivity contribution >= 4 is 23.9 Å². The Morgan fingerprint density at radius 1 is 1.04 bits per heavy atom. The van der Waals surface area contributed by atoms with Gasteiger partial charge in [0.15, 0.2) is 17.3 Å². The Labute approximate surface area is 274 Å². The Hall–Kier alpha value is -3.34. The van der Waals surface area contributed by atoms with Gasteiger partial charge in [-0.15, -0.1) is 0 Å². The fourth-order valence-electron chi connectivity index (χ4n) is 11.9. The predicted octanol–water partition coefficient (Wildman–Crippen LogP) is 0.730. The van der Waals surface area contributed by atoms with Crippen LogP contribution in [0.4, 0.5) is 0 Å². The number of methoxy groups -OCH3 is 1. The van der Waals surface area contributed by atoms with E-state index in [1.54, 1.807) is 26.8 Å². The molecule has 4 heterocycles. The van der Waals surface area contributed by atoms with E-state index >= 15 is 0 Å². The molecule has 15 nitrogen and oxygen atoms in total. The molecule has 7 aliphatic rings. The number of furan rings is 1. The number of hydrogen-bond donors (Lipinski definition) is 3. The fourth-order valence-corrected chi connectivity index (χ4v) is 11.9. The first-order valence-electron chi connectivity index (χ1n) is 15.9. The van der Waals surface area contributed by atoms with Crippen LogP contribution >= 0.6 is 0 Å². The molecule has 1 spiro atoms. The number of esters is 4. The van der Waals surface area contributed by atoms with Gasteiger partial charge in [-0.3, -0.25) is 9.59 Å². The summed E-state index contributed by atoms with van der Waals surface area (Å²) in [6.07, 6.45) is -3.88. The van der Waals surface area contributed by atoms with Crippen molar-refractivity contribution in [2.24, 2.45) is 22.2 Å². The van der Waals surface area contributed by atoms with Crippen molar-refractivity contribution in [3.05, 3.63) is 35.8 Å². The van der Waals surface area contributed by atoms with Crippen molar-refractivity contribution in [3.8, 4) is 0 Å². The Bertz CT molecular complexity index is 1710. The average Bonchev–Trinajstić information content (AvgIpc) is 3.76. The smallest absolute Gasteiger partial charge is 0.335 e. The molecule has 0 aromatic carbocycles. The zero-order valence-corrected chi connectivity index (χ0v) is 27.4. The Balaban J connectivity index is 1.49. The van der Waals surface area contributed by atoms with Gasteiger partial charge in [-0.2, -0.15) is 0 Å². The highest BCUT2D eigenvalue weighted by atomic mass is 16.9. The molecule has 4 aliphatic carbocycles. The number of carbonyl (C=O) groups is 4. The van der Waals surface area contributed by atoms with Gasteiger partial charge in [0.1, 0.15) is 35.6 Å². The second kappa shape index (κ2) is 8.87. The molecule has 0 radical (unpaired) electrons. The molecule has 4 bridgehead atoms. The van der Waals surface area contributed by atoms with E-state index in [1.807, 2.05) is 0 Å². The molecule has 4 saturated carbocycles. The number of aliphatic hydroxyl groups is 3. The summed E-state index contributed by atoms with van der Waals surface area (Å²) in [6, 6.07) is 1.60. The van der Waals surface area contributed by atoms with Gasteiger partial charge in [-0.1, -0.05) is 13.8 Å². The SMILES string of the molecule is COC(=O)[C@H](O)[C@H]1[C@@]2(C)C[C@]3(O)[C@@](O)([C@H]4OC5(C)O[C@@]6(C[C@H](OC(C)=O)[C@]7(C)C(=CC(=O)O[C@H]7c7ccoc7)[C@@]46O5)[C@]13C)[C@H]2OC(C)=O. The number of hydrogen-bond acceptors (Lipinski definition) is 15. The van der Waals surface area contributed by atoms with Crippen LogP contribution < -0.4 is 0 Å². The molecule has 1 unspecified atom stereocenters. The van der Waals surface area contributed by atoms with E-state index in [2.05, 4.69) is 0 Å². The molecular weight excluding hydrogens is 636 g/mol. The van der Waals surface area contributed by atoms with E-state index in [9.17, 15) is 34.5 Å². The standard InChI is InChI=1S/C33H38O15/c1-14(34)43-18-11-31-28(5)21(20(37)23(38)41-7)26(3)13-30(28,39)32(40,24(26)44-15(2)35)25-33(31,48-29(6,46-25)47-31)17-10-19(36)45-22(27(17,18)4)16-8-9-42-12-16/h8-10,12,18,20-22,24-25,37,39-40H,11,13H2,1-7H3/t18-,20+,21-,22-,24-,25+,26+,27-,28+,29?,30+,31-,32-,33+/m0/s1. The van der Waals surface area contributed by atoms with Crippen LogP contribution in [0.1, 0.15) is 66.1 Å². The molecule has 14 atom stereocenters. The molecule has 15 heteroatoms. The maximum Gasteiger partial charge on any atom is 0.335 e. The molecular formula is C33H38O15. The minimum Gasteiger partial charge on any atom is -0.472 e. The van der Waals surface area contributed by atoms with Crippen LogP contribution in [0.2, 0.25) is 0 Å². The summed E-state index contributed by atoms with van der Waals surface area (Å²) < 4.78 is 48.2. The lowest BCUT2D eigenvalue weighted by Crippen LogP contribution is -2.93. The van der Waals surface area contributed by atoms with E-state index < -0.39 is 105 Å². The van der Waals surface area contributed by atoms with Crippen LogP contribution in [-0.2, 0) is 52.3 Å². The third-order valence-corrected chi connectivity index (χ3v) is 13.1. The summed E-state index contributed by atoms with van der Waals surface area (Å²) in [5.74, 6) is -6.59. The number of cyclic esters (lactones) is 1. The van der Waals surface area contributed by atoms with E-state index in [-0.39, 0.29) is 18.4 Å². The number of ether oxygens (including phenoxy) is 7. The molecule has 260 valence electrons. The van der Waals surface area contributed by atoms with Gasteiger partial charge < -0.3 is 52.9 Å². The third kappa shape index (κ3) is 2.98. The number of fused-ring (bicyclic) bond motifs is 4. The third-order valence-electron chi connectivity index (χ3n) is 13.1. The summed E-state index contributed by atoms with van der Waals surface area (Å²) in [7, 11) is 1.10. The van der Waals surface area contributed by atoms with Gasteiger partial charge in [-0.05, 0) is 25.0 Å². The topological polar surface area (TPSA) is 207 Å². The molecule has 3 N–H and O–H groups in total. The number of carbonyl (C=O) groups excluding carboxylic acids is 4. The normalized spacial score (nSPS) is 52.5. The molecule has 2 saturated heterocycles. The van der Waals surface area contributed by atoms with E-state index in [4.69, 9.17) is 37.6 Å². The van der Waals surface area contributed by atoms with Crippen molar-refractivity contribution < 1.29 is 72.1 Å². The van der Waals surface area contributed by atoms with E-state index in [0.717, 1.165) is 14.0 Å². The van der Waals surface area contributed by atoms with Crippen molar-refractivity contribution in [2.75, 3.05) is 7.11 Å². The first-order chi connectivity index (χ1) is 22.3. The molecule has 1 aromatic heterocycles. The summed E-state index contributed by atoms with van der Waals surface area (Å²) in [4.78, 5) is 52.4. The highest BCUT2D eigenvalue weighted by Crippen LogP contribution is 2.88. The number of rotatable bonds is 5. The van der Waals surface area contributed by atoms with Gasteiger partial charge >= 0.3 is 23.9 Å². The minimum atomic E-state index is -2.47. The Kier molecular flexibility index (Phi) is 5.89. The summed E-state index contributed by atoms with van der Waals surface area (Å²) in [5.41, 5.74) is -12.8. The largest absolute Gasteiger partial charge is 0.472 e. The van der Waals surface area contributed by atoms with Crippen LogP contribution in [0.25, 0.3) is 0 Å². The zero-order valence-electron chi connectivity index (χ0n) is 27.4. The Morgan fingerprint density at radius 3 is 2.33 bits per heavy atom. The quantitative estimate of drug-likeness (QED) is 0.291. The van der Waals surface area contributed by atoms with Crippen molar-refractivity contribution in [3.63, 3.8) is 0 Å². The fraction of sp³-hybridized carbons (Fsp3) is 0.697. The molecule has 48 heavy (non-hydrogen) atoms. The highest BCUT2D eigenvalue weighted by molar-refractivity contribution is 5.86. The lowest BCUT2D eigenvalue weighted by Gasteiger charge is -2.76.